The van der Waals surface area contributed by atoms with Crippen molar-refractivity contribution in [2.75, 3.05) is 0 Å². The van der Waals surface area contributed by atoms with Gasteiger partial charge in [0.1, 0.15) is 0 Å². The average Bonchev–Trinajstić information content (AvgIpc) is 2.49. The highest BCUT2D eigenvalue weighted by Crippen LogP contribution is 2.31. The van der Waals surface area contributed by atoms with Gasteiger partial charge in [0, 0.05) is 11.8 Å². The zero-order valence-electron chi connectivity index (χ0n) is 11.8. The first-order valence-corrected chi connectivity index (χ1v) is 6.84. The molecule has 1 nitrogen and oxygen atoms in total. The number of pyridine rings is 1. The molecule has 0 fully saturated rings. The third-order valence-electron chi connectivity index (χ3n) is 3.60. The Morgan fingerprint density at radius 2 is 1.40 bits per heavy atom. The van der Waals surface area contributed by atoms with Crippen LogP contribution in [0, 0.1) is 13.8 Å². The molecule has 0 spiro atoms. The number of benzene rings is 2. The average molecular weight is 259 g/mol. The van der Waals surface area contributed by atoms with Crippen molar-refractivity contribution in [2.45, 2.75) is 13.8 Å². The Kier molecular flexibility index (Phi) is 3.34. The smallest absolute Gasteiger partial charge is 0.0704 e. The van der Waals surface area contributed by atoms with Crippen molar-refractivity contribution >= 4 is 0 Å². The van der Waals surface area contributed by atoms with E-state index < -0.39 is 0 Å². The molecule has 0 bridgehead atoms. The lowest BCUT2D eigenvalue weighted by Gasteiger charge is -2.12. The van der Waals surface area contributed by atoms with E-state index in [1.54, 1.807) is 0 Å². The summed E-state index contributed by atoms with van der Waals surface area (Å²) in [5.41, 5.74) is 7.32. The fourth-order valence-corrected chi connectivity index (χ4v) is 2.58. The van der Waals surface area contributed by atoms with Crippen LogP contribution in [0.25, 0.3) is 22.4 Å². The molecule has 20 heavy (non-hydrogen) atoms. The molecular formula is C19H17N. The van der Waals surface area contributed by atoms with Crippen molar-refractivity contribution < 1.29 is 0 Å². The SMILES string of the molecule is Cc1cc(C)c(-c2ccccn2)cc1-c1ccccc1. The van der Waals surface area contributed by atoms with Gasteiger partial charge in [0.25, 0.3) is 0 Å². The molecule has 1 aromatic heterocycles. The minimum atomic E-state index is 1.03. The fraction of sp³-hybridized carbons (Fsp3) is 0.105. The Balaban J connectivity index is 2.19. The van der Waals surface area contributed by atoms with E-state index in [-0.39, 0.29) is 0 Å². The van der Waals surface area contributed by atoms with E-state index in [4.69, 9.17) is 0 Å². The number of rotatable bonds is 2. The summed E-state index contributed by atoms with van der Waals surface area (Å²) < 4.78 is 0. The Bertz CT molecular complexity index is 655. The molecule has 0 unspecified atom stereocenters. The summed E-state index contributed by atoms with van der Waals surface area (Å²) in [5, 5.41) is 0. The Labute approximate surface area is 119 Å². The zero-order chi connectivity index (χ0) is 13.9. The molecule has 0 N–H and O–H groups in total. The Hall–Kier alpha value is -2.41. The second kappa shape index (κ2) is 5.30. The normalized spacial score (nSPS) is 10.5. The van der Waals surface area contributed by atoms with Crippen molar-refractivity contribution in [2.24, 2.45) is 0 Å². The van der Waals surface area contributed by atoms with Gasteiger partial charge in [-0.05, 0) is 54.3 Å². The van der Waals surface area contributed by atoms with Crippen LogP contribution in [0.2, 0.25) is 0 Å². The third-order valence-corrected chi connectivity index (χ3v) is 3.60. The van der Waals surface area contributed by atoms with E-state index in [0.29, 0.717) is 0 Å². The van der Waals surface area contributed by atoms with Gasteiger partial charge in [-0.3, -0.25) is 4.98 Å². The van der Waals surface area contributed by atoms with Crippen LogP contribution in [-0.4, -0.2) is 4.98 Å². The number of nitrogens with zero attached hydrogens (tertiary/aromatic N) is 1. The van der Waals surface area contributed by atoms with E-state index in [1.165, 1.54) is 27.8 Å². The molecule has 0 aliphatic rings. The summed E-state index contributed by atoms with van der Waals surface area (Å²) >= 11 is 0. The van der Waals surface area contributed by atoms with Gasteiger partial charge in [-0.25, -0.2) is 0 Å². The van der Waals surface area contributed by atoms with Gasteiger partial charge in [0.2, 0.25) is 0 Å². The first-order valence-electron chi connectivity index (χ1n) is 6.84. The molecule has 98 valence electrons. The monoisotopic (exact) mass is 259 g/mol. The van der Waals surface area contributed by atoms with Crippen molar-refractivity contribution in [3.05, 3.63) is 78.0 Å². The van der Waals surface area contributed by atoms with Gasteiger partial charge in [-0.15, -0.1) is 0 Å². The van der Waals surface area contributed by atoms with Crippen LogP contribution >= 0.6 is 0 Å². The molecule has 0 aliphatic heterocycles. The van der Waals surface area contributed by atoms with E-state index in [2.05, 4.69) is 61.3 Å². The molecule has 0 aliphatic carbocycles. The molecule has 3 rings (SSSR count). The van der Waals surface area contributed by atoms with Gasteiger partial charge in [0.05, 0.1) is 5.69 Å². The van der Waals surface area contributed by atoms with Gasteiger partial charge in [0.15, 0.2) is 0 Å². The lowest BCUT2D eigenvalue weighted by atomic mass is 9.93. The van der Waals surface area contributed by atoms with Crippen LogP contribution in [0.15, 0.2) is 66.9 Å². The first kappa shape index (κ1) is 12.6. The summed E-state index contributed by atoms with van der Waals surface area (Å²) in [6.45, 7) is 4.31. The lowest BCUT2D eigenvalue weighted by Crippen LogP contribution is -1.91. The molecule has 1 heterocycles. The lowest BCUT2D eigenvalue weighted by molar-refractivity contribution is 1.29. The van der Waals surface area contributed by atoms with Crippen LogP contribution in [-0.2, 0) is 0 Å². The number of hydrogen-bond acceptors (Lipinski definition) is 1. The number of hydrogen-bond donors (Lipinski definition) is 0. The Morgan fingerprint density at radius 1 is 0.700 bits per heavy atom. The maximum Gasteiger partial charge on any atom is 0.0704 e. The molecule has 0 radical (unpaired) electrons. The van der Waals surface area contributed by atoms with E-state index in [1.807, 2.05) is 24.4 Å². The second-order valence-electron chi connectivity index (χ2n) is 5.06. The topological polar surface area (TPSA) is 12.9 Å². The molecule has 0 saturated carbocycles. The molecular weight excluding hydrogens is 242 g/mol. The van der Waals surface area contributed by atoms with Gasteiger partial charge in [-0.2, -0.15) is 0 Å². The second-order valence-corrected chi connectivity index (χ2v) is 5.06. The predicted molar refractivity (Wildman–Crippen MR) is 84.6 cm³/mol. The molecule has 2 aromatic carbocycles. The highest BCUT2D eigenvalue weighted by molar-refractivity contribution is 5.76. The maximum atomic E-state index is 4.47. The van der Waals surface area contributed by atoms with Crippen LogP contribution in [0.4, 0.5) is 0 Å². The van der Waals surface area contributed by atoms with Crippen LogP contribution in [0.1, 0.15) is 11.1 Å². The van der Waals surface area contributed by atoms with Crippen LogP contribution in [0.5, 0.6) is 0 Å². The van der Waals surface area contributed by atoms with E-state index in [9.17, 15) is 0 Å². The standard InChI is InChI=1S/C19H17N/c1-14-12-15(2)18(19-10-6-7-11-20-19)13-17(14)16-8-4-3-5-9-16/h3-13H,1-2H3. The third kappa shape index (κ3) is 2.35. The maximum absolute atomic E-state index is 4.47. The summed E-state index contributed by atoms with van der Waals surface area (Å²) in [4.78, 5) is 4.47. The Morgan fingerprint density at radius 3 is 2.10 bits per heavy atom. The zero-order valence-corrected chi connectivity index (χ0v) is 11.8. The summed E-state index contributed by atoms with van der Waals surface area (Å²) in [6.07, 6.45) is 1.84. The number of aromatic nitrogens is 1. The molecule has 0 amide bonds. The van der Waals surface area contributed by atoms with Crippen molar-refractivity contribution in [1.29, 1.82) is 0 Å². The largest absolute Gasteiger partial charge is 0.256 e. The minimum absolute atomic E-state index is 1.03. The summed E-state index contributed by atoms with van der Waals surface area (Å²) in [6, 6.07) is 21.0. The fourth-order valence-electron chi connectivity index (χ4n) is 2.58. The van der Waals surface area contributed by atoms with Crippen molar-refractivity contribution in [3.63, 3.8) is 0 Å². The van der Waals surface area contributed by atoms with E-state index in [0.717, 1.165) is 5.69 Å². The highest BCUT2D eigenvalue weighted by Gasteiger charge is 2.08. The van der Waals surface area contributed by atoms with Gasteiger partial charge < -0.3 is 0 Å². The predicted octanol–water partition coefficient (Wildman–Crippen LogP) is 5.03. The van der Waals surface area contributed by atoms with Crippen molar-refractivity contribution in [3.8, 4) is 22.4 Å². The van der Waals surface area contributed by atoms with Gasteiger partial charge in [-0.1, -0.05) is 42.5 Å². The molecule has 1 heteroatoms. The summed E-state index contributed by atoms with van der Waals surface area (Å²) in [5.74, 6) is 0. The van der Waals surface area contributed by atoms with Crippen LogP contribution < -0.4 is 0 Å². The van der Waals surface area contributed by atoms with Gasteiger partial charge >= 0.3 is 0 Å². The van der Waals surface area contributed by atoms with Crippen LogP contribution in [0.3, 0.4) is 0 Å². The highest BCUT2D eigenvalue weighted by atomic mass is 14.7. The van der Waals surface area contributed by atoms with E-state index >= 15 is 0 Å². The van der Waals surface area contributed by atoms with Crippen molar-refractivity contribution in [1.82, 2.24) is 4.98 Å². The quantitative estimate of drug-likeness (QED) is 0.628. The molecule has 0 saturated heterocycles. The minimum Gasteiger partial charge on any atom is -0.256 e. The summed E-state index contributed by atoms with van der Waals surface area (Å²) in [7, 11) is 0. The molecule has 3 aromatic rings. The molecule has 0 atom stereocenters. The first-order chi connectivity index (χ1) is 9.75. The number of aryl methyl sites for hydroxylation is 2.